The first-order chi connectivity index (χ1) is 14.1. The van der Waals surface area contributed by atoms with E-state index < -0.39 is 0 Å². The Hall–Kier alpha value is -2.84. The van der Waals surface area contributed by atoms with Gasteiger partial charge in [0.05, 0.1) is 16.8 Å². The van der Waals surface area contributed by atoms with Crippen LogP contribution < -0.4 is 10.6 Å². The van der Waals surface area contributed by atoms with Gasteiger partial charge in [-0.05, 0) is 71.2 Å². The number of halogens is 1. The molecule has 0 fully saturated rings. The van der Waals surface area contributed by atoms with E-state index in [0.717, 1.165) is 31.4 Å². The van der Waals surface area contributed by atoms with Crippen LogP contribution in [0.4, 0.5) is 5.69 Å². The minimum Gasteiger partial charge on any atom is -0.332 e. The first-order valence-electron chi connectivity index (χ1n) is 8.93. The minimum atomic E-state index is -0.274. The molecule has 4 rings (SSSR count). The van der Waals surface area contributed by atoms with Crippen LogP contribution in [0, 0.1) is 3.57 Å². The van der Waals surface area contributed by atoms with Crippen molar-refractivity contribution < 1.29 is 4.79 Å². The van der Waals surface area contributed by atoms with Gasteiger partial charge in [0.1, 0.15) is 0 Å². The van der Waals surface area contributed by atoms with Crippen LogP contribution in [0.15, 0.2) is 84.9 Å². The number of benzene rings is 3. The van der Waals surface area contributed by atoms with Gasteiger partial charge in [0.2, 0.25) is 0 Å². The van der Waals surface area contributed by atoms with E-state index in [1.54, 1.807) is 6.07 Å². The quantitative estimate of drug-likeness (QED) is 0.278. The Balaban J connectivity index is 1.64. The van der Waals surface area contributed by atoms with Crippen LogP contribution in [0.25, 0.3) is 22.2 Å². The first kappa shape index (κ1) is 19.5. The standard InChI is InChI=1S/C23H16IN3OS/c24-16-10-12-17(13-11-16)25-23(29)27-22(28)19-14-21(15-6-2-1-3-7-15)26-20-9-5-4-8-18(19)20/h1-14H,(H2,25,27,28,29). The van der Waals surface area contributed by atoms with Gasteiger partial charge in [-0.3, -0.25) is 10.1 Å². The molecule has 0 aliphatic heterocycles. The lowest BCUT2D eigenvalue weighted by Crippen LogP contribution is -2.34. The maximum Gasteiger partial charge on any atom is 0.258 e. The summed E-state index contributed by atoms with van der Waals surface area (Å²) >= 11 is 7.57. The monoisotopic (exact) mass is 509 g/mol. The van der Waals surface area contributed by atoms with Crippen molar-refractivity contribution >= 4 is 62.4 Å². The lowest BCUT2D eigenvalue weighted by molar-refractivity contribution is 0.0979. The molecule has 1 amide bonds. The molecule has 142 valence electrons. The molecule has 0 saturated carbocycles. The molecule has 0 saturated heterocycles. The molecular weight excluding hydrogens is 493 g/mol. The Morgan fingerprint density at radius 2 is 1.59 bits per heavy atom. The number of amides is 1. The van der Waals surface area contributed by atoms with E-state index >= 15 is 0 Å². The van der Waals surface area contributed by atoms with Crippen LogP contribution >= 0.6 is 34.8 Å². The summed E-state index contributed by atoms with van der Waals surface area (Å²) in [4.78, 5) is 17.7. The fraction of sp³-hybridized carbons (Fsp3) is 0. The molecule has 3 aromatic carbocycles. The first-order valence-corrected chi connectivity index (χ1v) is 10.4. The second kappa shape index (κ2) is 8.67. The van der Waals surface area contributed by atoms with E-state index in [4.69, 9.17) is 17.2 Å². The van der Waals surface area contributed by atoms with E-state index in [9.17, 15) is 4.79 Å². The maximum absolute atomic E-state index is 13.0. The van der Waals surface area contributed by atoms with Crippen molar-refractivity contribution in [2.24, 2.45) is 0 Å². The third kappa shape index (κ3) is 4.60. The van der Waals surface area contributed by atoms with Gasteiger partial charge in [0.15, 0.2) is 5.11 Å². The molecule has 0 aliphatic carbocycles. The number of fused-ring (bicyclic) bond motifs is 1. The number of rotatable bonds is 3. The summed E-state index contributed by atoms with van der Waals surface area (Å²) in [7, 11) is 0. The molecule has 0 radical (unpaired) electrons. The van der Waals surface area contributed by atoms with E-state index in [1.165, 1.54) is 0 Å². The second-order valence-electron chi connectivity index (χ2n) is 6.35. The predicted octanol–water partition coefficient (Wildman–Crippen LogP) is 5.63. The number of hydrogen-bond donors (Lipinski definition) is 2. The van der Waals surface area contributed by atoms with Crippen molar-refractivity contribution in [2.45, 2.75) is 0 Å². The van der Waals surface area contributed by atoms with Gasteiger partial charge in [-0.25, -0.2) is 4.98 Å². The number of carbonyl (C=O) groups is 1. The Kier molecular flexibility index (Phi) is 5.82. The number of nitrogens with one attached hydrogen (secondary N) is 2. The molecule has 1 aromatic heterocycles. The molecular formula is C23H16IN3OS. The molecule has 2 N–H and O–H groups in total. The van der Waals surface area contributed by atoms with Crippen LogP contribution in [0.2, 0.25) is 0 Å². The van der Waals surface area contributed by atoms with Crippen molar-refractivity contribution in [2.75, 3.05) is 5.32 Å². The minimum absolute atomic E-state index is 0.248. The molecule has 29 heavy (non-hydrogen) atoms. The van der Waals surface area contributed by atoms with Crippen molar-refractivity contribution in [3.8, 4) is 11.3 Å². The molecule has 0 bridgehead atoms. The van der Waals surface area contributed by atoms with Gasteiger partial charge in [0.25, 0.3) is 5.91 Å². The van der Waals surface area contributed by atoms with Crippen LogP contribution in [-0.2, 0) is 0 Å². The summed E-state index contributed by atoms with van der Waals surface area (Å²) in [6, 6.07) is 27.0. The third-order valence-electron chi connectivity index (χ3n) is 4.36. The Morgan fingerprint density at radius 1 is 0.897 bits per heavy atom. The summed E-state index contributed by atoms with van der Waals surface area (Å²) in [6.07, 6.45) is 0. The number of carbonyl (C=O) groups excluding carboxylic acids is 1. The number of nitrogens with zero attached hydrogens (tertiary/aromatic N) is 1. The molecule has 0 aliphatic rings. The van der Waals surface area contributed by atoms with Gasteiger partial charge in [-0.15, -0.1) is 0 Å². The largest absolute Gasteiger partial charge is 0.332 e. The van der Waals surface area contributed by atoms with Crippen LogP contribution in [0.5, 0.6) is 0 Å². The highest BCUT2D eigenvalue weighted by Crippen LogP contribution is 2.24. The molecule has 0 atom stereocenters. The average molecular weight is 509 g/mol. The van der Waals surface area contributed by atoms with E-state index in [1.807, 2.05) is 78.9 Å². The lowest BCUT2D eigenvalue weighted by atomic mass is 10.0. The molecule has 0 spiro atoms. The maximum atomic E-state index is 13.0. The van der Waals surface area contributed by atoms with Gasteiger partial charge >= 0.3 is 0 Å². The summed E-state index contributed by atoms with van der Waals surface area (Å²) in [5.74, 6) is -0.274. The molecule has 4 aromatic rings. The van der Waals surface area contributed by atoms with Gasteiger partial charge in [0, 0.05) is 20.2 Å². The summed E-state index contributed by atoms with van der Waals surface area (Å²) in [5.41, 5.74) is 3.80. The van der Waals surface area contributed by atoms with Gasteiger partial charge in [-0.1, -0.05) is 48.5 Å². The normalized spacial score (nSPS) is 10.5. The smallest absolute Gasteiger partial charge is 0.258 e. The highest BCUT2D eigenvalue weighted by molar-refractivity contribution is 14.1. The zero-order valence-corrected chi connectivity index (χ0v) is 18.2. The van der Waals surface area contributed by atoms with Crippen molar-refractivity contribution in [1.29, 1.82) is 0 Å². The fourth-order valence-corrected chi connectivity index (χ4v) is 3.56. The molecule has 4 nitrogen and oxygen atoms in total. The zero-order valence-electron chi connectivity index (χ0n) is 15.2. The fourth-order valence-electron chi connectivity index (χ4n) is 2.99. The van der Waals surface area contributed by atoms with Crippen LogP contribution in [0.3, 0.4) is 0 Å². The van der Waals surface area contributed by atoms with Gasteiger partial charge < -0.3 is 5.32 Å². The zero-order chi connectivity index (χ0) is 20.2. The van der Waals surface area contributed by atoms with Crippen molar-refractivity contribution in [3.63, 3.8) is 0 Å². The highest BCUT2D eigenvalue weighted by Gasteiger charge is 2.15. The average Bonchev–Trinajstić information content (AvgIpc) is 2.75. The van der Waals surface area contributed by atoms with Crippen molar-refractivity contribution in [1.82, 2.24) is 10.3 Å². The van der Waals surface area contributed by atoms with Crippen molar-refractivity contribution in [3.05, 3.63) is 94.1 Å². The summed E-state index contributed by atoms with van der Waals surface area (Å²) in [5, 5.41) is 6.85. The third-order valence-corrected chi connectivity index (χ3v) is 5.28. The predicted molar refractivity (Wildman–Crippen MR) is 130 cm³/mol. The highest BCUT2D eigenvalue weighted by atomic mass is 127. The number of hydrogen-bond acceptors (Lipinski definition) is 3. The Labute approximate surface area is 187 Å². The molecule has 0 unspecified atom stereocenters. The van der Waals surface area contributed by atoms with Crippen LogP contribution in [-0.4, -0.2) is 16.0 Å². The summed E-state index contributed by atoms with van der Waals surface area (Å²) < 4.78 is 1.12. The van der Waals surface area contributed by atoms with Crippen LogP contribution in [0.1, 0.15) is 10.4 Å². The lowest BCUT2D eigenvalue weighted by Gasteiger charge is -2.12. The molecule has 6 heteroatoms. The molecule has 1 heterocycles. The number of anilines is 1. The Bertz CT molecular complexity index is 1190. The van der Waals surface area contributed by atoms with E-state index in [0.29, 0.717) is 5.56 Å². The number of thiocarbonyl (C=S) groups is 1. The Morgan fingerprint density at radius 3 is 2.34 bits per heavy atom. The number of para-hydroxylation sites is 1. The second-order valence-corrected chi connectivity index (χ2v) is 8.01. The number of pyridine rings is 1. The topological polar surface area (TPSA) is 54.0 Å². The summed E-state index contributed by atoms with van der Waals surface area (Å²) in [6.45, 7) is 0. The van der Waals surface area contributed by atoms with Gasteiger partial charge in [-0.2, -0.15) is 0 Å². The number of aromatic nitrogens is 1. The van der Waals surface area contributed by atoms with E-state index in [-0.39, 0.29) is 11.0 Å². The van der Waals surface area contributed by atoms with E-state index in [2.05, 4.69) is 33.2 Å². The SMILES string of the molecule is O=C(NC(=S)Nc1ccc(I)cc1)c1cc(-c2ccccc2)nc2ccccc12.